The van der Waals surface area contributed by atoms with Crippen LogP contribution in [0.3, 0.4) is 0 Å². The molecule has 1 aliphatic carbocycles. The SMILES string of the molecule is CCCC(=N)C1=CC(=O)CCC1. The number of hydrogen-bond acceptors (Lipinski definition) is 2. The first-order valence-corrected chi connectivity index (χ1v) is 4.55. The van der Waals surface area contributed by atoms with E-state index in [-0.39, 0.29) is 5.78 Å². The van der Waals surface area contributed by atoms with E-state index in [0.29, 0.717) is 12.1 Å². The van der Waals surface area contributed by atoms with E-state index >= 15 is 0 Å². The van der Waals surface area contributed by atoms with Crippen molar-refractivity contribution in [3.05, 3.63) is 11.6 Å². The standard InChI is InChI=1S/C10H15NO/c1-2-4-10(11)8-5-3-6-9(12)7-8/h7,11H,2-6H2,1H3. The minimum Gasteiger partial charge on any atom is -0.305 e. The molecule has 0 heterocycles. The van der Waals surface area contributed by atoms with Crippen LogP contribution in [0.1, 0.15) is 39.0 Å². The largest absolute Gasteiger partial charge is 0.305 e. The van der Waals surface area contributed by atoms with Crippen LogP contribution in [-0.2, 0) is 4.79 Å². The number of nitrogens with one attached hydrogen (secondary N) is 1. The lowest BCUT2D eigenvalue weighted by Crippen LogP contribution is -2.09. The number of hydrogen-bond donors (Lipinski definition) is 1. The minimum atomic E-state index is 0.192. The highest BCUT2D eigenvalue weighted by Crippen LogP contribution is 2.17. The smallest absolute Gasteiger partial charge is 0.156 e. The van der Waals surface area contributed by atoms with Crippen molar-refractivity contribution < 1.29 is 4.79 Å². The first kappa shape index (κ1) is 9.17. The normalized spacial score (nSPS) is 17.4. The third-order valence-corrected chi connectivity index (χ3v) is 2.09. The van der Waals surface area contributed by atoms with E-state index in [1.807, 2.05) is 0 Å². The van der Waals surface area contributed by atoms with Gasteiger partial charge in [0, 0.05) is 12.1 Å². The van der Waals surface area contributed by atoms with Crippen LogP contribution in [0.4, 0.5) is 0 Å². The van der Waals surface area contributed by atoms with Crippen LogP contribution in [0.15, 0.2) is 11.6 Å². The highest BCUT2D eigenvalue weighted by atomic mass is 16.1. The zero-order valence-corrected chi connectivity index (χ0v) is 7.52. The van der Waals surface area contributed by atoms with E-state index in [9.17, 15) is 4.79 Å². The predicted octanol–water partition coefficient (Wildman–Crippen LogP) is 2.49. The summed E-state index contributed by atoms with van der Waals surface area (Å²) in [5.41, 5.74) is 1.62. The van der Waals surface area contributed by atoms with Crippen LogP contribution in [0.5, 0.6) is 0 Å². The van der Waals surface area contributed by atoms with Crippen molar-refractivity contribution >= 4 is 11.5 Å². The van der Waals surface area contributed by atoms with Gasteiger partial charge in [-0.1, -0.05) is 13.3 Å². The Morgan fingerprint density at radius 3 is 2.92 bits per heavy atom. The molecule has 0 spiro atoms. The molecular formula is C10H15NO. The van der Waals surface area contributed by atoms with Gasteiger partial charge in [-0.15, -0.1) is 0 Å². The first-order valence-electron chi connectivity index (χ1n) is 4.55. The zero-order valence-electron chi connectivity index (χ0n) is 7.52. The van der Waals surface area contributed by atoms with Crippen molar-refractivity contribution in [3.8, 4) is 0 Å². The Morgan fingerprint density at radius 1 is 1.58 bits per heavy atom. The van der Waals surface area contributed by atoms with E-state index in [4.69, 9.17) is 5.41 Å². The molecule has 0 aromatic carbocycles. The lowest BCUT2D eigenvalue weighted by atomic mass is 9.93. The van der Waals surface area contributed by atoms with Crippen LogP contribution in [-0.4, -0.2) is 11.5 Å². The molecule has 0 fully saturated rings. The van der Waals surface area contributed by atoms with Crippen molar-refractivity contribution in [1.29, 1.82) is 5.41 Å². The van der Waals surface area contributed by atoms with Gasteiger partial charge in [0.25, 0.3) is 0 Å². The van der Waals surface area contributed by atoms with E-state index in [2.05, 4.69) is 6.92 Å². The average molecular weight is 165 g/mol. The van der Waals surface area contributed by atoms with Gasteiger partial charge in [-0.3, -0.25) is 4.79 Å². The Hall–Kier alpha value is -0.920. The third kappa shape index (κ3) is 2.29. The molecule has 0 saturated carbocycles. The number of carbonyl (C=O) groups excluding carboxylic acids is 1. The second-order valence-electron chi connectivity index (χ2n) is 3.22. The van der Waals surface area contributed by atoms with Gasteiger partial charge in [0.2, 0.25) is 0 Å². The van der Waals surface area contributed by atoms with Crippen molar-refractivity contribution in [3.63, 3.8) is 0 Å². The lowest BCUT2D eigenvalue weighted by Gasteiger charge is -2.11. The number of ketones is 1. The lowest BCUT2D eigenvalue weighted by molar-refractivity contribution is -0.115. The van der Waals surface area contributed by atoms with Crippen molar-refractivity contribution in [2.75, 3.05) is 0 Å². The van der Waals surface area contributed by atoms with Gasteiger partial charge in [-0.05, 0) is 30.9 Å². The Morgan fingerprint density at radius 2 is 2.33 bits per heavy atom. The molecule has 1 aliphatic rings. The summed E-state index contributed by atoms with van der Waals surface area (Å²) < 4.78 is 0. The van der Waals surface area contributed by atoms with E-state index in [1.165, 1.54) is 0 Å². The predicted molar refractivity (Wildman–Crippen MR) is 49.6 cm³/mol. The Labute approximate surface area is 73.2 Å². The van der Waals surface area contributed by atoms with E-state index < -0.39 is 0 Å². The molecule has 0 unspecified atom stereocenters. The summed E-state index contributed by atoms with van der Waals surface area (Å²) >= 11 is 0. The molecular weight excluding hydrogens is 150 g/mol. The maximum atomic E-state index is 11.0. The highest BCUT2D eigenvalue weighted by Gasteiger charge is 2.12. The molecule has 0 amide bonds. The van der Waals surface area contributed by atoms with Crippen LogP contribution in [0.25, 0.3) is 0 Å². The molecule has 0 atom stereocenters. The van der Waals surface area contributed by atoms with E-state index in [1.54, 1.807) is 6.08 Å². The molecule has 12 heavy (non-hydrogen) atoms. The zero-order chi connectivity index (χ0) is 8.97. The molecule has 2 heteroatoms. The van der Waals surface area contributed by atoms with Gasteiger partial charge in [-0.2, -0.15) is 0 Å². The summed E-state index contributed by atoms with van der Waals surface area (Å²) in [6.07, 6.45) is 5.97. The number of rotatable bonds is 3. The Balaban J connectivity index is 2.61. The molecule has 1 rings (SSSR count). The second kappa shape index (κ2) is 4.19. The average Bonchev–Trinajstić information content (AvgIpc) is 2.05. The summed E-state index contributed by atoms with van der Waals surface area (Å²) in [4.78, 5) is 11.0. The molecule has 0 aromatic rings. The summed E-state index contributed by atoms with van der Waals surface area (Å²) in [6, 6.07) is 0. The first-order chi connectivity index (χ1) is 5.74. The Kier molecular flexibility index (Phi) is 3.20. The van der Waals surface area contributed by atoms with Crippen LogP contribution < -0.4 is 0 Å². The van der Waals surface area contributed by atoms with Gasteiger partial charge in [-0.25, -0.2) is 0 Å². The second-order valence-corrected chi connectivity index (χ2v) is 3.22. The van der Waals surface area contributed by atoms with Crippen molar-refractivity contribution in [2.24, 2.45) is 0 Å². The van der Waals surface area contributed by atoms with Gasteiger partial charge in [0.1, 0.15) is 0 Å². The summed E-state index contributed by atoms with van der Waals surface area (Å²) in [6.45, 7) is 2.06. The molecule has 66 valence electrons. The fourth-order valence-corrected chi connectivity index (χ4v) is 1.44. The van der Waals surface area contributed by atoms with Gasteiger partial charge in [0.05, 0.1) is 0 Å². The monoisotopic (exact) mass is 165 g/mol. The molecule has 1 N–H and O–H groups in total. The Bertz CT molecular complexity index is 228. The third-order valence-electron chi connectivity index (χ3n) is 2.09. The quantitative estimate of drug-likeness (QED) is 0.641. The molecule has 0 aliphatic heterocycles. The molecule has 0 saturated heterocycles. The summed E-state index contributed by atoms with van der Waals surface area (Å²) in [5, 5.41) is 7.65. The van der Waals surface area contributed by atoms with Gasteiger partial charge < -0.3 is 5.41 Å². The fourth-order valence-electron chi connectivity index (χ4n) is 1.44. The molecule has 0 bridgehead atoms. The van der Waals surface area contributed by atoms with Gasteiger partial charge in [0.15, 0.2) is 5.78 Å². The minimum absolute atomic E-state index is 0.192. The van der Waals surface area contributed by atoms with Crippen molar-refractivity contribution in [1.82, 2.24) is 0 Å². The maximum absolute atomic E-state index is 11.0. The van der Waals surface area contributed by atoms with Crippen LogP contribution >= 0.6 is 0 Å². The van der Waals surface area contributed by atoms with Gasteiger partial charge >= 0.3 is 0 Å². The molecule has 0 aromatic heterocycles. The highest BCUT2D eigenvalue weighted by molar-refractivity contribution is 6.05. The summed E-state index contributed by atoms with van der Waals surface area (Å²) in [5.74, 6) is 0.192. The molecule has 0 radical (unpaired) electrons. The fraction of sp³-hybridized carbons (Fsp3) is 0.600. The van der Waals surface area contributed by atoms with Crippen LogP contribution in [0.2, 0.25) is 0 Å². The molecule has 2 nitrogen and oxygen atoms in total. The summed E-state index contributed by atoms with van der Waals surface area (Å²) in [7, 11) is 0. The number of carbonyl (C=O) groups is 1. The maximum Gasteiger partial charge on any atom is 0.156 e. The van der Waals surface area contributed by atoms with Crippen molar-refractivity contribution in [2.45, 2.75) is 39.0 Å². The van der Waals surface area contributed by atoms with E-state index in [0.717, 1.165) is 31.3 Å². The van der Waals surface area contributed by atoms with Crippen LogP contribution in [0, 0.1) is 5.41 Å². The number of allylic oxidation sites excluding steroid dienone is 2. The topological polar surface area (TPSA) is 40.9 Å².